The lowest BCUT2D eigenvalue weighted by Crippen LogP contribution is -2.17. The van der Waals surface area contributed by atoms with Crippen molar-refractivity contribution in [1.29, 1.82) is 0 Å². The highest BCUT2D eigenvalue weighted by Crippen LogP contribution is 2.19. The second-order valence-electron chi connectivity index (χ2n) is 2.90. The van der Waals surface area contributed by atoms with E-state index in [9.17, 15) is 4.79 Å². The van der Waals surface area contributed by atoms with Crippen LogP contribution in [-0.2, 0) is 4.79 Å². The van der Waals surface area contributed by atoms with Gasteiger partial charge in [-0.25, -0.2) is 4.98 Å². The van der Waals surface area contributed by atoms with Crippen LogP contribution < -0.4 is 0 Å². The van der Waals surface area contributed by atoms with Crippen LogP contribution in [0.2, 0.25) is 0 Å². The number of carbonyl (C=O) groups excluding carboxylic acids is 1. The third-order valence-electron chi connectivity index (χ3n) is 1.59. The summed E-state index contributed by atoms with van der Waals surface area (Å²) < 4.78 is 1.74. The molecule has 1 unspecified atom stereocenters. The van der Waals surface area contributed by atoms with Crippen LogP contribution in [0.1, 0.15) is 18.8 Å². The van der Waals surface area contributed by atoms with Gasteiger partial charge in [0.25, 0.3) is 0 Å². The molecule has 66 valence electrons. The minimum Gasteiger partial charge on any atom is -0.317 e. The van der Waals surface area contributed by atoms with Crippen molar-refractivity contribution in [3.8, 4) is 0 Å². The first-order chi connectivity index (χ1) is 5.63. The number of Topliss-reactive ketones (excluding diaryl/α,β-unsaturated/α-hetero) is 1. The van der Waals surface area contributed by atoms with Gasteiger partial charge in [-0.05, 0) is 0 Å². The number of imidazole rings is 1. The van der Waals surface area contributed by atoms with E-state index in [1.54, 1.807) is 23.3 Å². The third kappa shape index (κ3) is 1.94. The van der Waals surface area contributed by atoms with Crippen LogP contribution in [-0.4, -0.2) is 15.3 Å². The highest BCUT2D eigenvalue weighted by atomic mass is 79.9. The molecule has 0 spiro atoms. The number of rotatable bonds is 3. The fraction of sp³-hybridized carbons (Fsp3) is 0.500. The fourth-order valence-corrected chi connectivity index (χ4v) is 1.60. The molecule has 1 rings (SSSR count). The Morgan fingerprint density at radius 3 is 2.67 bits per heavy atom. The van der Waals surface area contributed by atoms with Crippen LogP contribution in [0.3, 0.4) is 0 Å². The summed E-state index contributed by atoms with van der Waals surface area (Å²) >= 11 is 3.30. The molecule has 1 heterocycles. The first-order valence-corrected chi connectivity index (χ1v) is 4.69. The Balaban J connectivity index is 2.72. The summed E-state index contributed by atoms with van der Waals surface area (Å²) in [6.45, 7) is 3.76. The van der Waals surface area contributed by atoms with Gasteiger partial charge in [0.15, 0.2) is 5.78 Å². The minimum absolute atomic E-state index is 0.0387. The van der Waals surface area contributed by atoms with Gasteiger partial charge in [-0.15, -0.1) is 0 Å². The van der Waals surface area contributed by atoms with E-state index in [4.69, 9.17) is 0 Å². The number of nitrogens with zero attached hydrogens (tertiary/aromatic N) is 2. The molecule has 0 aromatic carbocycles. The van der Waals surface area contributed by atoms with E-state index in [0.717, 1.165) is 0 Å². The van der Waals surface area contributed by atoms with Gasteiger partial charge in [-0.3, -0.25) is 4.79 Å². The Bertz CT molecular complexity index is 256. The van der Waals surface area contributed by atoms with E-state index < -0.39 is 0 Å². The number of hydrogen-bond acceptors (Lipinski definition) is 2. The summed E-state index contributed by atoms with van der Waals surface area (Å²) in [5.41, 5.74) is 0. The van der Waals surface area contributed by atoms with Crippen LogP contribution >= 0.6 is 15.9 Å². The molecule has 0 bridgehead atoms. The molecular weight excluding hydrogens is 220 g/mol. The molecule has 0 amide bonds. The highest BCUT2D eigenvalue weighted by Gasteiger charge is 2.18. The lowest BCUT2D eigenvalue weighted by atomic mass is 10.1. The number of halogens is 1. The lowest BCUT2D eigenvalue weighted by Gasteiger charge is -2.11. The molecule has 0 aliphatic heterocycles. The van der Waals surface area contributed by atoms with E-state index in [-0.39, 0.29) is 16.7 Å². The van der Waals surface area contributed by atoms with E-state index >= 15 is 0 Å². The molecule has 0 radical (unpaired) electrons. The first kappa shape index (κ1) is 9.45. The maximum absolute atomic E-state index is 11.4. The quantitative estimate of drug-likeness (QED) is 0.745. The molecular formula is C8H11BrN2O. The van der Waals surface area contributed by atoms with Crippen molar-refractivity contribution >= 4 is 21.7 Å². The molecule has 0 aliphatic carbocycles. The second kappa shape index (κ2) is 3.85. The molecule has 3 nitrogen and oxygen atoms in total. The Morgan fingerprint density at radius 2 is 2.25 bits per heavy atom. The maximum Gasteiger partial charge on any atom is 0.169 e. The van der Waals surface area contributed by atoms with Gasteiger partial charge >= 0.3 is 0 Å². The standard InChI is InChI=1S/C8H11BrN2O/c1-6(2)7(12)8(9)11-4-3-10-5-11/h3-6,8H,1-2H3. The Hall–Kier alpha value is -0.640. The molecule has 1 aromatic rings. The zero-order valence-corrected chi connectivity index (χ0v) is 8.65. The van der Waals surface area contributed by atoms with Crippen LogP contribution in [0.5, 0.6) is 0 Å². The predicted octanol–water partition coefficient (Wildman–Crippen LogP) is 2.00. The number of carbonyl (C=O) groups is 1. The third-order valence-corrected chi connectivity index (χ3v) is 2.51. The average molecular weight is 231 g/mol. The summed E-state index contributed by atoms with van der Waals surface area (Å²) in [5, 5.41) is 0. The van der Waals surface area contributed by atoms with Crippen molar-refractivity contribution in [1.82, 2.24) is 9.55 Å². The summed E-state index contributed by atoms with van der Waals surface area (Å²) in [4.78, 5) is 15.0. The number of hydrogen-bond donors (Lipinski definition) is 0. The number of alkyl halides is 1. The van der Waals surface area contributed by atoms with Crippen LogP contribution in [0.25, 0.3) is 0 Å². The van der Waals surface area contributed by atoms with Gasteiger partial charge in [-0.1, -0.05) is 29.8 Å². The molecule has 12 heavy (non-hydrogen) atoms. The molecule has 0 fully saturated rings. The summed E-state index contributed by atoms with van der Waals surface area (Å²) in [5.74, 6) is 0.199. The Morgan fingerprint density at radius 1 is 1.58 bits per heavy atom. The fourth-order valence-electron chi connectivity index (χ4n) is 0.826. The summed E-state index contributed by atoms with van der Waals surface area (Å²) in [7, 11) is 0. The second-order valence-corrected chi connectivity index (χ2v) is 3.77. The van der Waals surface area contributed by atoms with Gasteiger partial charge in [0.05, 0.1) is 6.33 Å². The summed E-state index contributed by atoms with van der Waals surface area (Å²) in [6, 6.07) is 0. The monoisotopic (exact) mass is 230 g/mol. The minimum atomic E-state index is -0.278. The molecule has 0 N–H and O–H groups in total. The molecule has 1 atom stereocenters. The average Bonchev–Trinajstić information content (AvgIpc) is 2.53. The van der Waals surface area contributed by atoms with E-state index in [0.29, 0.717) is 0 Å². The van der Waals surface area contributed by atoms with Crippen molar-refractivity contribution in [3.05, 3.63) is 18.7 Å². The highest BCUT2D eigenvalue weighted by molar-refractivity contribution is 9.09. The van der Waals surface area contributed by atoms with Crippen molar-refractivity contribution in [3.63, 3.8) is 0 Å². The molecule has 1 aromatic heterocycles. The van der Waals surface area contributed by atoms with E-state index in [1.165, 1.54) is 0 Å². The van der Waals surface area contributed by atoms with Crippen molar-refractivity contribution in [2.24, 2.45) is 5.92 Å². The normalized spacial score (nSPS) is 13.3. The topological polar surface area (TPSA) is 34.9 Å². The van der Waals surface area contributed by atoms with Gasteiger partial charge in [0.1, 0.15) is 4.95 Å². The molecule has 0 saturated carbocycles. The zero-order valence-electron chi connectivity index (χ0n) is 7.07. The van der Waals surface area contributed by atoms with Gasteiger partial charge in [0, 0.05) is 18.3 Å². The smallest absolute Gasteiger partial charge is 0.169 e. The molecule has 0 aliphatic rings. The zero-order chi connectivity index (χ0) is 9.14. The summed E-state index contributed by atoms with van der Waals surface area (Å²) in [6.07, 6.45) is 5.04. The predicted molar refractivity (Wildman–Crippen MR) is 50.0 cm³/mol. The van der Waals surface area contributed by atoms with Crippen LogP contribution in [0.15, 0.2) is 18.7 Å². The SMILES string of the molecule is CC(C)C(=O)C(Br)n1ccnc1. The lowest BCUT2D eigenvalue weighted by molar-refractivity contribution is -0.122. The van der Waals surface area contributed by atoms with Crippen LogP contribution in [0.4, 0.5) is 0 Å². The van der Waals surface area contributed by atoms with Gasteiger partial charge in [-0.2, -0.15) is 0 Å². The van der Waals surface area contributed by atoms with Gasteiger partial charge < -0.3 is 4.57 Å². The van der Waals surface area contributed by atoms with Crippen molar-refractivity contribution in [2.75, 3.05) is 0 Å². The Labute approximate surface area is 79.9 Å². The Kier molecular flexibility index (Phi) is 3.03. The van der Waals surface area contributed by atoms with E-state index in [2.05, 4.69) is 20.9 Å². The molecule has 4 heteroatoms. The largest absolute Gasteiger partial charge is 0.317 e. The molecule has 0 saturated heterocycles. The van der Waals surface area contributed by atoms with Crippen LogP contribution in [0, 0.1) is 5.92 Å². The first-order valence-electron chi connectivity index (χ1n) is 3.78. The van der Waals surface area contributed by atoms with Gasteiger partial charge in [0.2, 0.25) is 0 Å². The van der Waals surface area contributed by atoms with Crippen molar-refractivity contribution < 1.29 is 4.79 Å². The van der Waals surface area contributed by atoms with E-state index in [1.807, 2.05) is 13.8 Å². The number of aromatic nitrogens is 2. The maximum atomic E-state index is 11.4. The number of ketones is 1. The van der Waals surface area contributed by atoms with Crippen molar-refractivity contribution in [2.45, 2.75) is 18.8 Å².